The molecule has 12 aromatic rings. The van der Waals surface area contributed by atoms with Gasteiger partial charge in [0.05, 0.1) is 24.3 Å². The summed E-state index contributed by atoms with van der Waals surface area (Å²) in [4.78, 5) is 106. The Morgan fingerprint density at radius 3 is 0.771 bits per heavy atom. The normalized spacial score (nSPS) is 12.5. The third kappa shape index (κ3) is 56.3. The van der Waals surface area contributed by atoms with Crippen molar-refractivity contribution in [1.29, 1.82) is 21.0 Å². The van der Waals surface area contributed by atoms with Crippen LogP contribution in [0, 0.1) is 45.3 Å². The van der Waals surface area contributed by atoms with Gasteiger partial charge in [-0.1, -0.05) is 54.6 Å². The molecule has 12 rings (SSSR count). The summed E-state index contributed by atoms with van der Waals surface area (Å²) in [6.07, 6.45) is 1.78. The van der Waals surface area contributed by atoms with E-state index in [1.54, 1.807) is 217 Å². The summed E-state index contributed by atoms with van der Waals surface area (Å²) in [5.41, 5.74) is 6.96. The Balaban J connectivity index is 0.000000715. The minimum Gasteiger partial charge on any atom is -0.479 e. The van der Waals surface area contributed by atoms with Crippen LogP contribution in [0.1, 0.15) is 83.4 Å². The van der Waals surface area contributed by atoms with E-state index in [2.05, 4.69) is 29.9 Å². The maximum atomic E-state index is 10.2. The highest BCUT2D eigenvalue weighted by molar-refractivity contribution is 7.10. The first-order valence-electron chi connectivity index (χ1n) is 37.5. The zero-order valence-corrected chi connectivity index (χ0v) is 73.6. The van der Waals surface area contributed by atoms with Gasteiger partial charge in [-0.2, -0.15) is 55.1 Å². The lowest BCUT2D eigenvalue weighted by molar-refractivity contribution is -0.147. The summed E-state index contributed by atoms with van der Waals surface area (Å²) in [7, 11) is 0. The molecule has 0 aliphatic carbocycles. The van der Waals surface area contributed by atoms with Crippen molar-refractivity contribution in [2.75, 3.05) is 0 Å². The first kappa shape index (κ1) is 115. The molecule has 694 valence electrons. The summed E-state index contributed by atoms with van der Waals surface area (Å²) < 4.78 is 0. The van der Waals surface area contributed by atoms with Gasteiger partial charge in [0.2, 0.25) is 0 Å². The van der Waals surface area contributed by atoms with Gasteiger partial charge in [-0.15, -0.1) is 34.0 Å². The third-order valence-corrected chi connectivity index (χ3v) is 20.0. The smallest absolute Gasteiger partial charge is 0.338 e. The van der Waals surface area contributed by atoms with E-state index in [-0.39, 0.29) is 38.5 Å². The van der Waals surface area contributed by atoms with Gasteiger partial charge < -0.3 is 102 Å². The van der Waals surface area contributed by atoms with Crippen LogP contribution in [-0.2, 0) is 96.1 Å². The number of thiophene rings is 6. The number of hydrogen-bond donors (Lipinski definition) is 20. The highest BCUT2D eigenvalue weighted by atomic mass is 32.1. The fraction of sp³-hybridized carbons (Fsp3) is 0.241. The van der Waals surface area contributed by atoms with E-state index >= 15 is 0 Å². The molecule has 0 radical (unpaired) electrons. The van der Waals surface area contributed by atoms with Crippen molar-refractivity contribution in [2.24, 2.45) is 0 Å². The second-order valence-corrected chi connectivity index (χ2v) is 30.7. The average molecular weight is 1920 g/mol. The molecule has 12 aromatic heterocycles. The number of aliphatic hydroxyl groups is 12. The number of carbonyl (C=O) groups is 8. The molecule has 20 N–H and O–H groups in total. The third-order valence-electron chi connectivity index (χ3n) is 15.1. The molecule has 0 bridgehead atoms. The fourth-order valence-corrected chi connectivity index (χ4v) is 12.7. The van der Waals surface area contributed by atoms with Crippen LogP contribution in [0.15, 0.2) is 250 Å². The Morgan fingerprint density at radius 1 is 0.267 bits per heavy atom. The first-order valence-corrected chi connectivity index (χ1v) is 43.0. The van der Waals surface area contributed by atoms with Crippen LogP contribution in [0.3, 0.4) is 0 Å². The summed E-state index contributed by atoms with van der Waals surface area (Å²) in [6, 6.07) is 48.7. The molecule has 0 aliphatic rings. The van der Waals surface area contributed by atoms with Crippen molar-refractivity contribution < 1.29 is 140 Å². The monoisotopic (exact) mass is 1920 g/mol. The molecule has 0 spiro atoms. The molecule has 0 aliphatic heterocycles. The molecule has 38 nitrogen and oxygen atoms in total. The van der Waals surface area contributed by atoms with Crippen molar-refractivity contribution in [2.45, 2.75) is 131 Å². The molecular weight excluding hydrogens is 1830 g/mol. The van der Waals surface area contributed by atoms with Crippen molar-refractivity contribution >= 4 is 116 Å². The van der Waals surface area contributed by atoms with Crippen LogP contribution in [0.5, 0.6) is 0 Å². The number of aromatic nitrogens is 6. The van der Waals surface area contributed by atoms with Gasteiger partial charge in [-0.05, 0) is 173 Å². The molecular formula is C87H92N10O28S6. The average Bonchev–Trinajstić information content (AvgIpc) is 1.76. The number of rotatable bonds is 29. The van der Waals surface area contributed by atoms with Crippen molar-refractivity contribution in [3.63, 3.8) is 0 Å². The molecule has 0 saturated carbocycles. The van der Waals surface area contributed by atoms with E-state index in [1.807, 2.05) is 55.9 Å². The van der Waals surface area contributed by atoms with Crippen LogP contribution in [0.4, 0.5) is 0 Å². The number of aliphatic carboxylic acids is 8. The predicted molar refractivity (Wildman–Crippen MR) is 477 cm³/mol. The highest BCUT2D eigenvalue weighted by Gasteiger charge is 2.20. The second-order valence-electron chi connectivity index (χ2n) is 25.4. The van der Waals surface area contributed by atoms with Gasteiger partial charge >= 0.3 is 47.8 Å². The lowest BCUT2D eigenvalue weighted by atomic mass is 10.1. The second kappa shape index (κ2) is 69.4. The number of pyridine rings is 6. The van der Waals surface area contributed by atoms with E-state index in [0.717, 1.165) is 27.9 Å². The maximum absolute atomic E-state index is 10.2. The Bertz CT molecular complexity index is 4840. The quantitative estimate of drug-likeness (QED) is 0.0210. The number of carboxylic acids is 8. The Labute approximate surface area is 772 Å². The molecule has 4 unspecified atom stereocenters. The van der Waals surface area contributed by atoms with E-state index in [1.165, 1.54) is 69.1 Å². The number of carboxylic acid groups (broad SMARTS) is 8. The molecule has 131 heavy (non-hydrogen) atoms. The molecule has 0 fully saturated rings. The number of nitriles is 4. The SMILES string of the molecule is N#CC(O)Cc1ccccn1.N#CC(O)Cc1cccnc1.N#CC(O)Cc1ccsc1.N#CC(O)c1cccs1.O=C(O)[C@@H](O)Cc1ccsc1.O=C(O)[C@@H](O)c1cccs1.O=C(O)[C@H](O)Cc1ccccn1.O=C(O)[C@H](O)Cc1ccccn1.O=C(O)[C@H](O)Cc1cccnc1.O=C(O)[C@H](O)Cc1cccnc1.O=C(O)[C@H](O)Cc1ccsc1.O=C(O)[C@H](O)c1cccs1. The summed E-state index contributed by atoms with van der Waals surface area (Å²) in [5.74, 6) is -9.61. The van der Waals surface area contributed by atoms with Gasteiger partial charge in [0, 0.05) is 145 Å². The van der Waals surface area contributed by atoms with Crippen molar-refractivity contribution in [3.8, 4) is 24.3 Å². The van der Waals surface area contributed by atoms with E-state index in [4.69, 9.17) is 123 Å². The summed E-state index contributed by atoms with van der Waals surface area (Å²) in [5, 5.41) is 223. The maximum Gasteiger partial charge on any atom is 0.338 e. The number of hydrogen-bond acceptors (Lipinski definition) is 36. The highest BCUT2D eigenvalue weighted by Crippen LogP contribution is 2.21. The Hall–Kier alpha value is -13.7. The molecule has 44 heteroatoms. The lowest BCUT2D eigenvalue weighted by Crippen LogP contribution is -2.22. The van der Waals surface area contributed by atoms with E-state index in [0.29, 0.717) is 56.4 Å². The Morgan fingerprint density at radius 2 is 0.534 bits per heavy atom. The Kier molecular flexibility index (Phi) is 61.1. The van der Waals surface area contributed by atoms with Crippen LogP contribution < -0.4 is 0 Å². The molecule has 0 saturated heterocycles. The van der Waals surface area contributed by atoms with Gasteiger partial charge in [-0.3, -0.25) is 29.9 Å². The standard InChI is InChI=1S/2C8H8N2O.4C8H9NO3.C7H7NOS.2C7H8O3S.C6H5NOS.2C6H6O3S/c9-5-8(11)4-7-2-1-3-10-6-7;9-6-8(11)5-7-3-1-2-4-10-7;2*10-7(8(11)12)4-6-2-1-3-9-5-6;2*10-7(8(11)12)5-6-3-1-2-4-9-6;8-4-7(9)3-6-1-2-10-5-6;2*8-6(7(9)10)3-5-1-2-11-4-5;7-4-5(8)6-2-1-3-9-6;2*7-5(6(8)9)4-2-1-3-10-4/h1-3,6,8,11H,4H2;1-4,8,11H,5H2;2*1-3,5,7,10H,4H2,(H,11,12);2*1-4,7,10H,5H2,(H,11,12);1-2,5,7,9H,3H2;2*1-2,4,6,8H,3H2,(H,9,10);1-3,5,8H;2*1-3,5,7H,(H,8,9)/t;;4*7-;;2*6-;;2*5-/m..1111.10.10/s1. The fourth-order valence-electron chi connectivity index (χ4n) is 8.58. The van der Waals surface area contributed by atoms with Crippen molar-refractivity contribution in [3.05, 3.63) is 315 Å². The van der Waals surface area contributed by atoms with Gasteiger partial charge in [-0.25, -0.2) is 38.4 Å². The predicted octanol–water partition coefficient (Wildman–Crippen LogP) is 6.98. The van der Waals surface area contributed by atoms with Crippen LogP contribution in [-0.4, -0.2) is 235 Å². The molecule has 0 amide bonds. The number of aliphatic hydroxyl groups excluding tert-OH is 12. The van der Waals surface area contributed by atoms with Gasteiger partial charge in [0.1, 0.15) is 18.3 Å². The van der Waals surface area contributed by atoms with Crippen LogP contribution in [0.25, 0.3) is 0 Å². The minimum atomic E-state index is -1.36. The van der Waals surface area contributed by atoms with Gasteiger partial charge in [0.15, 0.2) is 54.9 Å². The molecule has 0 aromatic carbocycles. The number of nitrogens with zero attached hydrogens (tertiary/aromatic N) is 10. The molecule has 12 heterocycles. The zero-order chi connectivity index (χ0) is 97.9. The van der Waals surface area contributed by atoms with E-state index in [9.17, 15) is 38.4 Å². The molecule has 12 atom stereocenters. The minimum absolute atomic E-state index is 0.0518. The zero-order valence-electron chi connectivity index (χ0n) is 68.7. The van der Waals surface area contributed by atoms with Gasteiger partial charge in [0.25, 0.3) is 0 Å². The summed E-state index contributed by atoms with van der Waals surface area (Å²) >= 11 is 8.39. The lowest BCUT2D eigenvalue weighted by Gasteiger charge is -2.03. The van der Waals surface area contributed by atoms with Crippen molar-refractivity contribution in [1.82, 2.24) is 29.9 Å². The topological polar surface area (TPSA) is 714 Å². The largest absolute Gasteiger partial charge is 0.479 e. The van der Waals surface area contributed by atoms with E-state index < -0.39 is 121 Å². The van der Waals surface area contributed by atoms with Crippen LogP contribution in [0.2, 0.25) is 0 Å². The first-order chi connectivity index (χ1) is 62.4. The summed E-state index contributed by atoms with van der Waals surface area (Å²) in [6.45, 7) is 0. The van der Waals surface area contributed by atoms with Crippen LogP contribution >= 0.6 is 68.0 Å².